The van der Waals surface area contributed by atoms with E-state index in [2.05, 4.69) is 29.4 Å². The predicted molar refractivity (Wildman–Crippen MR) is 68.9 cm³/mol. The van der Waals surface area contributed by atoms with Crippen LogP contribution in [0.2, 0.25) is 0 Å². The summed E-state index contributed by atoms with van der Waals surface area (Å²) in [7, 11) is 0. The van der Waals surface area contributed by atoms with Gasteiger partial charge in [-0.15, -0.1) is 0 Å². The van der Waals surface area contributed by atoms with E-state index in [0.29, 0.717) is 12.0 Å². The van der Waals surface area contributed by atoms with Crippen molar-refractivity contribution in [2.45, 2.75) is 32.2 Å². The Morgan fingerprint density at radius 1 is 1.47 bits per heavy atom. The number of rotatable bonds is 6. The molecule has 1 N–H and O–H groups in total. The van der Waals surface area contributed by atoms with Crippen LogP contribution in [0.25, 0.3) is 0 Å². The Balaban J connectivity index is 1.84. The monoisotopic (exact) mass is 234 g/mol. The largest absolute Gasteiger partial charge is 0.381 e. The van der Waals surface area contributed by atoms with Crippen LogP contribution in [0.3, 0.4) is 0 Å². The number of hydrogen-bond acceptors (Lipinski definition) is 3. The summed E-state index contributed by atoms with van der Waals surface area (Å²) in [6, 6.07) is 4.80. The Hall–Kier alpha value is -0.930. The Labute approximate surface area is 104 Å². The van der Waals surface area contributed by atoms with Gasteiger partial charge in [-0.25, -0.2) is 0 Å². The molecule has 2 heterocycles. The van der Waals surface area contributed by atoms with E-state index in [-0.39, 0.29) is 0 Å². The van der Waals surface area contributed by atoms with Crippen molar-refractivity contribution in [2.24, 2.45) is 5.92 Å². The second-order valence-corrected chi connectivity index (χ2v) is 4.68. The highest BCUT2D eigenvalue weighted by molar-refractivity contribution is 5.10. The average molecular weight is 234 g/mol. The fourth-order valence-corrected chi connectivity index (χ4v) is 2.51. The molecule has 0 aliphatic carbocycles. The smallest absolute Gasteiger partial charge is 0.0510 e. The molecule has 1 saturated heterocycles. The lowest BCUT2D eigenvalue weighted by Gasteiger charge is -2.23. The van der Waals surface area contributed by atoms with Gasteiger partial charge in [0.05, 0.1) is 6.61 Å². The molecule has 3 heteroatoms. The van der Waals surface area contributed by atoms with Gasteiger partial charge in [-0.1, -0.05) is 6.92 Å². The topological polar surface area (TPSA) is 34.2 Å². The van der Waals surface area contributed by atoms with Gasteiger partial charge in [-0.05, 0) is 49.4 Å². The number of hydrogen-bond donors (Lipinski definition) is 1. The zero-order valence-corrected chi connectivity index (χ0v) is 10.6. The van der Waals surface area contributed by atoms with Gasteiger partial charge in [0.1, 0.15) is 0 Å². The van der Waals surface area contributed by atoms with Gasteiger partial charge >= 0.3 is 0 Å². The molecule has 1 aliphatic rings. The fourth-order valence-electron chi connectivity index (χ4n) is 2.51. The van der Waals surface area contributed by atoms with Gasteiger partial charge in [0.25, 0.3) is 0 Å². The average Bonchev–Trinajstić information content (AvgIpc) is 2.89. The van der Waals surface area contributed by atoms with Crippen molar-refractivity contribution in [2.75, 3.05) is 19.8 Å². The maximum atomic E-state index is 5.49. The van der Waals surface area contributed by atoms with E-state index < -0.39 is 0 Å². The molecule has 1 aromatic heterocycles. The Kier molecular flexibility index (Phi) is 4.95. The molecule has 3 nitrogen and oxygen atoms in total. The molecule has 0 bridgehead atoms. The first-order valence-electron chi connectivity index (χ1n) is 6.60. The molecular weight excluding hydrogens is 212 g/mol. The summed E-state index contributed by atoms with van der Waals surface area (Å²) in [4.78, 5) is 4.05. The highest BCUT2D eigenvalue weighted by Gasteiger charge is 2.24. The van der Waals surface area contributed by atoms with E-state index in [1.165, 1.54) is 18.4 Å². The van der Waals surface area contributed by atoms with E-state index in [1.54, 1.807) is 0 Å². The maximum Gasteiger partial charge on any atom is 0.0510 e. The van der Waals surface area contributed by atoms with Crippen molar-refractivity contribution < 1.29 is 4.74 Å². The number of nitrogens with one attached hydrogen (secondary N) is 1. The van der Waals surface area contributed by atoms with Crippen molar-refractivity contribution in [3.05, 3.63) is 30.1 Å². The van der Waals surface area contributed by atoms with Crippen LogP contribution >= 0.6 is 0 Å². The van der Waals surface area contributed by atoms with Crippen molar-refractivity contribution in [1.29, 1.82) is 0 Å². The molecule has 0 aromatic carbocycles. The first-order chi connectivity index (χ1) is 8.40. The molecule has 94 valence electrons. The summed E-state index contributed by atoms with van der Waals surface area (Å²) in [6.45, 7) is 5.07. The number of aryl methyl sites for hydroxylation is 1. The zero-order chi connectivity index (χ0) is 11.9. The van der Waals surface area contributed by atoms with Crippen LogP contribution in [0.1, 0.15) is 25.3 Å². The summed E-state index contributed by atoms with van der Waals surface area (Å²) in [5.74, 6) is 0.691. The molecule has 1 aliphatic heterocycles. The van der Waals surface area contributed by atoms with Crippen LogP contribution in [0, 0.1) is 5.92 Å². The summed E-state index contributed by atoms with van der Waals surface area (Å²) in [6.07, 6.45) is 7.25. The van der Waals surface area contributed by atoms with Gasteiger partial charge in [0.15, 0.2) is 0 Å². The minimum atomic E-state index is 0.593. The van der Waals surface area contributed by atoms with Crippen LogP contribution in [-0.4, -0.2) is 30.8 Å². The second kappa shape index (κ2) is 6.72. The van der Waals surface area contributed by atoms with E-state index in [4.69, 9.17) is 4.74 Å². The third-order valence-electron chi connectivity index (χ3n) is 3.49. The molecule has 1 fully saturated rings. The maximum absolute atomic E-state index is 5.49. The van der Waals surface area contributed by atoms with Crippen LogP contribution in [0.4, 0.5) is 0 Å². The van der Waals surface area contributed by atoms with Crippen molar-refractivity contribution >= 4 is 0 Å². The lowest BCUT2D eigenvalue weighted by molar-refractivity contribution is 0.175. The number of aromatic nitrogens is 1. The molecule has 2 unspecified atom stereocenters. The van der Waals surface area contributed by atoms with Gasteiger partial charge in [0.2, 0.25) is 0 Å². The SMILES string of the molecule is CCNC(CCc1ccncc1)C1CCOC1. The molecule has 1 aromatic rings. The number of nitrogens with zero attached hydrogens (tertiary/aromatic N) is 1. The van der Waals surface area contributed by atoms with Crippen molar-refractivity contribution in [1.82, 2.24) is 10.3 Å². The molecule has 0 spiro atoms. The highest BCUT2D eigenvalue weighted by Crippen LogP contribution is 2.20. The fraction of sp³-hybridized carbons (Fsp3) is 0.643. The summed E-state index contributed by atoms with van der Waals surface area (Å²) >= 11 is 0. The zero-order valence-electron chi connectivity index (χ0n) is 10.6. The van der Waals surface area contributed by atoms with Crippen LogP contribution in [0.15, 0.2) is 24.5 Å². The minimum Gasteiger partial charge on any atom is -0.381 e. The Morgan fingerprint density at radius 3 is 2.94 bits per heavy atom. The lowest BCUT2D eigenvalue weighted by Crippen LogP contribution is -2.36. The Morgan fingerprint density at radius 2 is 2.29 bits per heavy atom. The Bertz CT molecular complexity index is 309. The minimum absolute atomic E-state index is 0.593. The second-order valence-electron chi connectivity index (χ2n) is 4.68. The van der Waals surface area contributed by atoms with E-state index >= 15 is 0 Å². The standard InChI is InChI=1S/C14H22N2O/c1-2-16-14(13-7-10-17-11-13)4-3-12-5-8-15-9-6-12/h5-6,8-9,13-14,16H,2-4,7,10-11H2,1H3. The number of pyridine rings is 1. The number of ether oxygens (including phenoxy) is 1. The van der Waals surface area contributed by atoms with Crippen molar-refractivity contribution in [3.8, 4) is 0 Å². The van der Waals surface area contributed by atoms with Gasteiger partial charge in [-0.2, -0.15) is 0 Å². The molecule has 0 saturated carbocycles. The van der Waals surface area contributed by atoms with Gasteiger partial charge in [0, 0.05) is 25.0 Å². The lowest BCUT2D eigenvalue weighted by atomic mass is 9.93. The van der Waals surface area contributed by atoms with E-state index in [0.717, 1.165) is 26.2 Å². The molecule has 2 atom stereocenters. The molecule has 2 rings (SSSR count). The molecule has 0 radical (unpaired) electrons. The summed E-state index contributed by atoms with van der Waals surface area (Å²) < 4.78 is 5.49. The third kappa shape index (κ3) is 3.79. The van der Waals surface area contributed by atoms with Crippen molar-refractivity contribution in [3.63, 3.8) is 0 Å². The van der Waals surface area contributed by atoms with E-state index in [9.17, 15) is 0 Å². The van der Waals surface area contributed by atoms with Crippen LogP contribution in [-0.2, 0) is 11.2 Å². The molecule has 17 heavy (non-hydrogen) atoms. The van der Waals surface area contributed by atoms with Crippen LogP contribution in [0.5, 0.6) is 0 Å². The quantitative estimate of drug-likeness (QED) is 0.818. The van der Waals surface area contributed by atoms with Crippen LogP contribution < -0.4 is 5.32 Å². The third-order valence-corrected chi connectivity index (χ3v) is 3.49. The first kappa shape index (κ1) is 12.5. The predicted octanol–water partition coefficient (Wildman–Crippen LogP) is 2.03. The molecule has 0 amide bonds. The highest BCUT2D eigenvalue weighted by atomic mass is 16.5. The summed E-state index contributed by atoms with van der Waals surface area (Å²) in [5.41, 5.74) is 1.38. The van der Waals surface area contributed by atoms with Gasteiger partial charge < -0.3 is 10.1 Å². The van der Waals surface area contributed by atoms with Gasteiger partial charge in [-0.3, -0.25) is 4.98 Å². The molecular formula is C14H22N2O. The van der Waals surface area contributed by atoms with E-state index in [1.807, 2.05) is 12.4 Å². The normalized spacial score (nSPS) is 21.6. The first-order valence-corrected chi connectivity index (χ1v) is 6.60. The summed E-state index contributed by atoms with van der Waals surface area (Å²) in [5, 5.41) is 3.60.